The molecule has 0 fully saturated rings. The predicted molar refractivity (Wildman–Crippen MR) is 53.4 cm³/mol. The second kappa shape index (κ2) is 4.53. The second-order valence-electron chi connectivity index (χ2n) is 2.98. The third kappa shape index (κ3) is 2.54. The molecule has 0 aromatic heterocycles. The van der Waals surface area contributed by atoms with E-state index in [-0.39, 0.29) is 0 Å². The van der Waals surface area contributed by atoms with Crippen LogP contribution in [-0.2, 0) is 4.18 Å². The van der Waals surface area contributed by atoms with Crippen LogP contribution in [0.4, 0.5) is 0 Å². The molecular weight excluding hydrogens is 168 g/mol. The zero-order valence-electron chi connectivity index (χ0n) is 7.70. The minimum Gasteiger partial charge on any atom is -0.314 e. The van der Waals surface area contributed by atoms with E-state index in [1.54, 1.807) is 7.11 Å². The van der Waals surface area contributed by atoms with Crippen LogP contribution in [0.5, 0.6) is 0 Å². The average molecular weight is 182 g/mol. The molecule has 1 aromatic rings. The molecule has 66 valence electrons. The average Bonchev–Trinajstić information content (AvgIpc) is 2.05. The lowest BCUT2D eigenvalue weighted by Crippen LogP contribution is -1.86. The van der Waals surface area contributed by atoms with E-state index < -0.39 is 0 Å². The van der Waals surface area contributed by atoms with Gasteiger partial charge in [-0.05, 0) is 23.6 Å². The molecule has 0 aliphatic carbocycles. The lowest BCUT2D eigenvalue weighted by Gasteiger charge is -2.06. The molecule has 0 radical (unpaired) electrons. The van der Waals surface area contributed by atoms with E-state index >= 15 is 0 Å². The number of benzene rings is 1. The summed E-state index contributed by atoms with van der Waals surface area (Å²) >= 11 is 1.41. The van der Waals surface area contributed by atoms with E-state index in [0.717, 1.165) is 0 Å². The first-order valence-corrected chi connectivity index (χ1v) is 4.79. The Morgan fingerprint density at radius 3 is 2.67 bits per heavy atom. The first-order chi connectivity index (χ1) is 5.74. The van der Waals surface area contributed by atoms with Gasteiger partial charge >= 0.3 is 0 Å². The van der Waals surface area contributed by atoms with Crippen molar-refractivity contribution in [3.05, 3.63) is 29.8 Å². The Kier molecular flexibility index (Phi) is 3.63. The summed E-state index contributed by atoms with van der Waals surface area (Å²) in [5.74, 6) is 0.586. The van der Waals surface area contributed by atoms with Gasteiger partial charge in [0, 0.05) is 16.9 Å². The molecule has 0 aliphatic heterocycles. The van der Waals surface area contributed by atoms with Gasteiger partial charge in [0.2, 0.25) is 0 Å². The summed E-state index contributed by atoms with van der Waals surface area (Å²) in [5.41, 5.74) is 1.36. The van der Waals surface area contributed by atoms with Gasteiger partial charge in [0.1, 0.15) is 0 Å². The van der Waals surface area contributed by atoms with Gasteiger partial charge in [-0.25, -0.2) is 0 Å². The third-order valence-corrected chi connectivity index (χ3v) is 2.32. The predicted octanol–water partition coefficient (Wildman–Crippen LogP) is 3.46. The first-order valence-electron chi connectivity index (χ1n) is 4.04. The highest BCUT2D eigenvalue weighted by atomic mass is 32.2. The van der Waals surface area contributed by atoms with Crippen LogP contribution in [0.3, 0.4) is 0 Å². The molecule has 0 unspecified atom stereocenters. The number of hydrogen-bond acceptors (Lipinski definition) is 2. The molecule has 1 rings (SSSR count). The Hall–Kier alpha value is -0.470. The summed E-state index contributed by atoms with van der Waals surface area (Å²) < 4.78 is 4.98. The topological polar surface area (TPSA) is 9.23 Å². The van der Waals surface area contributed by atoms with E-state index in [1.165, 1.54) is 22.5 Å². The Labute approximate surface area is 78.3 Å². The molecule has 0 aliphatic rings. The van der Waals surface area contributed by atoms with Crippen LogP contribution in [0.1, 0.15) is 25.3 Å². The summed E-state index contributed by atoms with van der Waals surface area (Å²) in [6.45, 7) is 4.38. The van der Waals surface area contributed by atoms with Crippen molar-refractivity contribution in [2.75, 3.05) is 7.11 Å². The summed E-state index contributed by atoms with van der Waals surface area (Å²) in [6, 6.07) is 8.43. The fourth-order valence-corrected chi connectivity index (χ4v) is 1.53. The van der Waals surface area contributed by atoms with Crippen LogP contribution >= 0.6 is 12.0 Å². The maximum Gasteiger partial charge on any atom is 0.0508 e. The second-order valence-corrected chi connectivity index (χ2v) is 3.95. The molecule has 0 amide bonds. The highest BCUT2D eigenvalue weighted by molar-refractivity contribution is 7.94. The van der Waals surface area contributed by atoms with Crippen molar-refractivity contribution >= 4 is 12.0 Å². The molecule has 0 atom stereocenters. The normalized spacial score (nSPS) is 10.7. The fourth-order valence-electron chi connectivity index (χ4n) is 1.02. The third-order valence-electron chi connectivity index (χ3n) is 1.70. The van der Waals surface area contributed by atoms with Crippen molar-refractivity contribution in [1.29, 1.82) is 0 Å². The number of hydrogen-bond donors (Lipinski definition) is 0. The van der Waals surface area contributed by atoms with Gasteiger partial charge in [0.15, 0.2) is 0 Å². The van der Waals surface area contributed by atoms with Crippen LogP contribution in [0.15, 0.2) is 29.2 Å². The van der Waals surface area contributed by atoms with Crippen molar-refractivity contribution in [1.82, 2.24) is 0 Å². The summed E-state index contributed by atoms with van der Waals surface area (Å²) in [5, 5.41) is 0. The lowest BCUT2D eigenvalue weighted by atomic mass is 10.0. The summed E-state index contributed by atoms with van der Waals surface area (Å²) in [6.07, 6.45) is 0. The van der Waals surface area contributed by atoms with E-state index in [2.05, 4.69) is 38.1 Å². The van der Waals surface area contributed by atoms with Gasteiger partial charge in [0.25, 0.3) is 0 Å². The number of rotatable bonds is 3. The van der Waals surface area contributed by atoms with E-state index in [1.807, 2.05) is 0 Å². The van der Waals surface area contributed by atoms with E-state index in [9.17, 15) is 0 Å². The summed E-state index contributed by atoms with van der Waals surface area (Å²) in [4.78, 5) is 1.17. The standard InChI is InChI=1S/C10H14OS/c1-8(2)9-5-4-6-10(7-9)12-11-3/h4-8H,1-3H3. The van der Waals surface area contributed by atoms with Gasteiger partial charge in [0.05, 0.1) is 7.11 Å². The van der Waals surface area contributed by atoms with Crippen LogP contribution in [0, 0.1) is 0 Å². The van der Waals surface area contributed by atoms with Crippen molar-refractivity contribution in [3.8, 4) is 0 Å². The molecule has 12 heavy (non-hydrogen) atoms. The van der Waals surface area contributed by atoms with Crippen molar-refractivity contribution in [3.63, 3.8) is 0 Å². The molecule has 1 aromatic carbocycles. The van der Waals surface area contributed by atoms with Crippen molar-refractivity contribution in [2.24, 2.45) is 0 Å². The molecule has 0 saturated carbocycles. The van der Waals surface area contributed by atoms with Crippen molar-refractivity contribution < 1.29 is 4.18 Å². The molecule has 0 saturated heterocycles. The molecule has 0 heterocycles. The molecular formula is C10H14OS. The monoisotopic (exact) mass is 182 g/mol. The minimum absolute atomic E-state index is 0.586. The first kappa shape index (κ1) is 9.62. The van der Waals surface area contributed by atoms with Gasteiger partial charge in [-0.3, -0.25) is 0 Å². The molecule has 0 spiro atoms. The molecule has 0 bridgehead atoms. The minimum atomic E-state index is 0.586. The molecule has 0 N–H and O–H groups in total. The van der Waals surface area contributed by atoms with Crippen LogP contribution in [0.2, 0.25) is 0 Å². The smallest absolute Gasteiger partial charge is 0.0508 e. The van der Waals surface area contributed by atoms with Gasteiger partial charge in [-0.2, -0.15) is 0 Å². The fraction of sp³-hybridized carbons (Fsp3) is 0.400. The van der Waals surface area contributed by atoms with E-state index in [0.29, 0.717) is 5.92 Å². The summed E-state index contributed by atoms with van der Waals surface area (Å²) in [7, 11) is 1.69. The van der Waals surface area contributed by atoms with Crippen molar-refractivity contribution in [2.45, 2.75) is 24.7 Å². The van der Waals surface area contributed by atoms with Gasteiger partial charge in [-0.1, -0.05) is 26.0 Å². The Bertz CT molecular complexity index is 245. The van der Waals surface area contributed by atoms with Crippen LogP contribution in [0.25, 0.3) is 0 Å². The highest BCUT2D eigenvalue weighted by Gasteiger charge is 1.99. The van der Waals surface area contributed by atoms with Crippen LogP contribution < -0.4 is 0 Å². The Morgan fingerprint density at radius 1 is 1.33 bits per heavy atom. The quantitative estimate of drug-likeness (QED) is 0.662. The highest BCUT2D eigenvalue weighted by Crippen LogP contribution is 2.22. The Morgan fingerprint density at radius 2 is 2.08 bits per heavy atom. The zero-order valence-corrected chi connectivity index (χ0v) is 8.52. The molecule has 1 nitrogen and oxygen atoms in total. The van der Waals surface area contributed by atoms with Crippen LogP contribution in [-0.4, -0.2) is 7.11 Å². The zero-order chi connectivity index (χ0) is 8.97. The SMILES string of the molecule is COSc1cccc(C(C)C)c1. The Balaban J connectivity index is 2.81. The maximum atomic E-state index is 4.98. The lowest BCUT2D eigenvalue weighted by molar-refractivity contribution is 0.490. The van der Waals surface area contributed by atoms with Gasteiger partial charge < -0.3 is 4.18 Å². The van der Waals surface area contributed by atoms with E-state index in [4.69, 9.17) is 4.18 Å². The largest absolute Gasteiger partial charge is 0.314 e. The van der Waals surface area contributed by atoms with Gasteiger partial charge in [-0.15, -0.1) is 0 Å². The molecule has 2 heteroatoms. The maximum absolute atomic E-state index is 4.98.